The molecule has 100 valence electrons. The molecule has 0 aromatic heterocycles. The number of likely N-dealkylation sites (N-methyl/N-ethyl adjacent to an activating group) is 1. The second-order valence-electron chi connectivity index (χ2n) is 4.80. The molecule has 2 rings (SSSR count). The Bertz CT molecular complexity index is 389. The van der Waals surface area contributed by atoms with E-state index in [1.807, 2.05) is 18.2 Å². The van der Waals surface area contributed by atoms with E-state index < -0.39 is 0 Å². The van der Waals surface area contributed by atoms with Gasteiger partial charge in [-0.05, 0) is 49.7 Å². The molecule has 1 aliphatic heterocycles. The van der Waals surface area contributed by atoms with E-state index in [2.05, 4.69) is 17.1 Å². The summed E-state index contributed by atoms with van der Waals surface area (Å²) in [4.78, 5) is 2.48. The van der Waals surface area contributed by atoms with Crippen LogP contribution in [0.2, 0.25) is 10.0 Å². The zero-order valence-corrected chi connectivity index (χ0v) is 12.3. The molecule has 18 heavy (non-hydrogen) atoms. The SMILES string of the molecule is CCN(Cc1cc(Cl)ccc1Cl)C1CCCNC1. The maximum Gasteiger partial charge on any atom is 0.0452 e. The summed E-state index contributed by atoms with van der Waals surface area (Å²) in [6, 6.07) is 6.31. The van der Waals surface area contributed by atoms with Crippen molar-refractivity contribution in [2.45, 2.75) is 32.4 Å². The molecule has 1 unspecified atom stereocenters. The van der Waals surface area contributed by atoms with E-state index in [-0.39, 0.29) is 0 Å². The molecule has 4 heteroatoms. The molecule has 1 N–H and O–H groups in total. The lowest BCUT2D eigenvalue weighted by Crippen LogP contribution is -2.45. The summed E-state index contributed by atoms with van der Waals surface area (Å²) < 4.78 is 0. The van der Waals surface area contributed by atoms with Crippen LogP contribution in [-0.2, 0) is 6.54 Å². The quantitative estimate of drug-likeness (QED) is 0.910. The average Bonchev–Trinajstić information content (AvgIpc) is 2.41. The molecular weight excluding hydrogens is 267 g/mol. The van der Waals surface area contributed by atoms with Crippen molar-refractivity contribution in [3.05, 3.63) is 33.8 Å². The van der Waals surface area contributed by atoms with Gasteiger partial charge < -0.3 is 5.32 Å². The fourth-order valence-corrected chi connectivity index (χ4v) is 2.90. The second kappa shape index (κ2) is 6.76. The molecule has 1 heterocycles. The van der Waals surface area contributed by atoms with E-state index in [4.69, 9.17) is 23.2 Å². The van der Waals surface area contributed by atoms with Crippen molar-refractivity contribution in [1.29, 1.82) is 0 Å². The Morgan fingerprint density at radius 3 is 2.89 bits per heavy atom. The van der Waals surface area contributed by atoms with Gasteiger partial charge in [0.25, 0.3) is 0 Å². The van der Waals surface area contributed by atoms with Gasteiger partial charge >= 0.3 is 0 Å². The maximum absolute atomic E-state index is 6.24. The summed E-state index contributed by atoms with van der Waals surface area (Å²) in [5.74, 6) is 0. The normalized spacial score (nSPS) is 20.3. The zero-order chi connectivity index (χ0) is 13.0. The smallest absolute Gasteiger partial charge is 0.0452 e. The van der Waals surface area contributed by atoms with E-state index in [1.165, 1.54) is 12.8 Å². The van der Waals surface area contributed by atoms with E-state index in [0.29, 0.717) is 6.04 Å². The van der Waals surface area contributed by atoms with Gasteiger partial charge in [0, 0.05) is 29.2 Å². The zero-order valence-electron chi connectivity index (χ0n) is 10.8. The van der Waals surface area contributed by atoms with Gasteiger partial charge in [0.05, 0.1) is 0 Å². The highest BCUT2D eigenvalue weighted by molar-refractivity contribution is 6.33. The van der Waals surface area contributed by atoms with Crippen LogP contribution in [0.3, 0.4) is 0 Å². The Labute approximate surface area is 119 Å². The summed E-state index contributed by atoms with van der Waals surface area (Å²) in [7, 11) is 0. The first kappa shape index (κ1) is 14.1. The first-order valence-corrected chi connectivity index (χ1v) is 7.35. The summed E-state index contributed by atoms with van der Waals surface area (Å²) in [6.45, 7) is 6.34. The van der Waals surface area contributed by atoms with Crippen LogP contribution in [0, 0.1) is 0 Å². The maximum atomic E-state index is 6.24. The van der Waals surface area contributed by atoms with Crippen LogP contribution in [0.15, 0.2) is 18.2 Å². The number of halogens is 2. The number of nitrogens with one attached hydrogen (secondary N) is 1. The number of piperidine rings is 1. The Kier molecular flexibility index (Phi) is 5.31. The number of hydrogen-bond acceptors (Lipinski definition) is 2. The molecule has 2 nitrogen and oxygen atoms in total. The van der Waals surface area contributed by atoms with Gasteiger partial charge in [0.2, 0.25) is 0 Å². The standard InChI is InChI=1S/C14H20Cl2N2/c1-2-18(13-4-3-7-17-9-13)10-11-8-12(15)5-6-14(11)16/h5-6,8,13,17H,2-4,7,9-10H2,1H3. The molecular formula is C14H20Cl2N2. The van der Waals surface area contributed by atoms with Gasteiger partial charge in [0.15, 0.2) is 0 Å². The van der Waals surface area contributed by atoms with Gasteiger partial charge in [-0.15, -0.1) is 0 Å². The molecule has 0 spiro atoms. The minimum Gasteiger partial charge on any atom is -0.315 e. The van der Waals surface area contributed by atoms with Crippen molar-refractivity contribution in [3.63, 3.8) is 0 Å². The lowest BCUT2D eigenvalue weighted by Gasteiger charge is -2.34. The van der Waals surface area contributed by atoms with Gasteiger partial charge in [-0.3, -0.25) is 4.90 Å². The predicted molar refractivity (Wildman–Crippen MR) is 78.4 cm³/mol. The largest absolute Gasteiger partial charge is 0.315 e. The molecule has 0 bridgehead atoms. The van der Waals surface area contributed by atoms with Crippen LogP contribution in [0.1, 0.15) is 25.3 Å². The number of nitrogens with zero attached hydrogens (tertiary/aromatic N) is 1. The topological polar surface area (TPSA) is 15.3 Å². The first-order valence-electron chi connectivity index (χ1n) is 6.59. The van der Waals surface area contributed by atoms with Crippen LogP contribution in [-0.4, -0.2) is 30.6 Å². The van der Waals surface area contributed by atoms with Gasteiger partial charge in [-0.2, -0.15) is 0 Å². The molecule has 1 atom stereocenters. The van der Waals surface area contributed by atoms with E-state index >= 15 is 0 Å². The Morgan fingerprint density at radius 2 is 2.22 bits per heavy atom. The van der Waals surface area contributed by atoms with Crippen molar-refractivity contribution in [2.75, 3.05) is 19.6 Å². The van der Waals surface area contributed by atoms with E-state index in [9.17, 15) is 0 Å². The number of rotatable bonds is 4. The monoisotopic (exact) mass is 286 g/mol. The van der Waals surface area contributed by atoms with Gasteiger partial charge in [0.1, 0.15) is 0 Å². The molecule has 1 fully saturated rings. The average molecular weight is 287 g/mol. The third kappa shape index (κ3) is 3.61. The molecule has 1 saturated heterocycles. The molecule has 0 radical (unpaired) electrons. The minimum absolute atomic E-state index is 0.610. The molecule has 1 aliphatic rings. The predicted octanol–water partition coefficient (Wildman–Crippen LogP) is 3.57. The van der Waals surface area contributed by atoms with Crippen LogP contribution >= 0.6 is 23.2 Å². The summed E-state index contributed by atoms with van der Waals surface area (Å²) >= 11 is 12.3. The summed E-state index contributed by atoms with van der Waals surface area (Å²) in [5.41, 5.74) is 1.12. The summed E-state index contributed by atoms with van der Waals surface area (Å²) in [6.07, 6.45) is 2.52. The third-order valence-electron chi connectivity index (χ3n) is 3.57. The molecule has 0 amide bonds. The van der Waals surface area contributed by atoms with Crippen molar-refractivity contribution >= 4 is 23.2 Å². The lowest BCUT2D eigenvalue weighted by molar-refractivity contribution is 0.166. The molecule has 1 aromatic carbocycles. The third-order valence-corrected chi connectivity index (χ3v) is 4.18. The highest BCUT2D eigenvalue weighted by Gasteiger charge is 2.20. The highest BCUT2D eigenvalue weighted by atomic mass is 35.5. The highest BCUT2D eigenvalue weighted by Crippen LogP contribution is 2.23. The summed E-state index contributed by atoms with van der Waals surface area (Å²) in [5, 5.41) is 5.02. The lowest BCUT2D eigenvalue weighted by atomic mass is 10.0. The molecule has 0 aliphatic carbocycles. The van der Waals surface area contributed by atoms with E-state index in [1.54, 1.807) is 0 Å². The molecule has 0 saturated carbocycles. The Morgan fingerprint density at radius 1 is 1.39 bits per heavy atom. The van der Waals surface area contributed by atoms with Crippen molar-refractivity contribution in [3.8, 4) is 0 Å². The van der Waals surface area contributed by atoms with Crippen LogP contribution < -0.4 is 5.32 Å². The van der Waals surface area contributed by atoms with Crippen molar-refractivity contribution in [1.82, 2.24) is 10.2 Å². The Balaban J connectivity index is 2.06. The van der Waals surface area contributed by atoms with Crippen molar-refractivity contribution in [2.24, 2.45) is 0 Å². The number of hydrogen-bond donors (Lipinski definition) is 1. The van der Waals surface area contributed by atoms with Crippen molar-refractivity contribution < 1.29 is 0 Å². The second-order valence-corrected chi connectivity index (χ2v) is 5.64. The van der Waals surface area contributed by atoms with E-state index in [0.717, 1.165) is 41.8 Å². The molecule has 1 aromatic rings. The van der Waals surface area contributed by atoms with Crippen LogP contribution in [0.25, 0.3) is 0 Å². The Hall–Kier alpha value is -0.280. The van der Waals surface area contributed by atoms with Crippen LogP contribution in [0.5, 0.6) is 0 Å². The first-order chi connectivity index (χ1) is 8.70. The minimum atomic E-state index is 0.610. The van der Waals surface area contributed by atoms with Gasteiger partial charge in [-0.25, -0.2) is 0 Å². The fourth-order valence-electron chi connectivity index (χ4n) is 2.53. The fraction of sp³-hybridized carbons (Fsp3) is 0.571. The van der Waals surface area contributed by atoms with Crippen LogP contribution in [0.4, 0.5) is 0 Å². The number of benzene rings is 1. The van der Waals surface area contributed by atoms with Gasteiger partial charge in [-0.1, -0.05) is 30.1 Å².